The number of pyridine rings is 1. The van der Waals surface area contributed by atoms with Crippen LogP contribution in [0.1, 0.15) is 28.0 Å². The smallest absolute Gasteiger partial charge is 0.350 e. The second-order valence-corrected chi connectivity index (χ2v) is 9.32. The van der Waals surface area contributed by atoms with E-state index in [0.717, 1.165) is 11.3 Å². The molecule has 1 aromatic carbocycles. The van der Waals surface area contributed by atoms with Crippen molar-refractivity contribution >= 4 is 43.8 Å². The largest absolute Gasteiger partial charge is 0.462 e. The lowest BCUT2D eigenvalue weighted by atomic mass is 10.1. The highest BCUT2D eigenvalue weighted by atomic mass is 32.3. The van der Waals surface area contributed by atoms with Gasteiger partial charge in [0.25, 0.3) is 0 Å². The zero-order valence-electron chi connectivity index (χ0n) is 16.0. The van der Waals surface area contributed by atoms with Gasteiger partial charge in [0.15, 0.2) is 4.21 Å². The Balaban J connectivity index is 1.84. The number of esters is 1. The molecule has 0 spiro atoms. The molecule has 0 radical (unpaired) electrons. The van der Waals surface area contributed by atoms with Gasteiger partial charge in [0, 0.05) is 17.6 Å². The molecular weight excluding hydrogens is 412 g/mol. The van der Waals surface area contributed by atoms with Crippen LogP contribution in [0.15, 0.2) is 46.8 Å². The maximum atomic E-state index is 12.7. The van der Waals surface area contributed by atoms with Crippen LogP contribution in [0.25, 0.3) is 16.4 Å². The lowest BCUT2D eigenvalue weighted by molar-refractivity contribution is 0.0531. The normalized spacial score (nSPS) is 11.8. The Morgan fingerprint density at radius 2 is 1.97 bits per heavy atom. The highest BCUT2D eigenvalue weighted by molar-refractivity contribution is 7.89. The van der Waals surface area contributed by atoms with Crippen molar-refractivity contribution in [1.29, 1.82) is 0 Å². The van der Waals surface area contributed by atoms with Gasteiger partial charge in [-0.3, -0.25) is 0 Å². The fraction of sp³-hybridized carbons (Fsp3) is 0.200. The number of nitrogens with zero attached hydrogens (tertiary/aromatic N) is 2. The van der Waals surface area contributed by atoms with Crippen LogP contribution < -0.4 is 4.18 Å². The van der Waals surface area contributed by atoms with Crippen molar-refractivity contribution in [3.8, 4) is 5.75 Å². The third kappa shape index (κ3) is 3.36. The molecule has 0 saturated heterocycles. The minimum atomic E-state index is -4.01. The van der Waals surface area contributed by atoms with Gasteiger partial charge < -0.3 is 13.3 Å². The number of carbonyl (C=O) groups excluding carboxylic acids is 1. The molecular formula is C20H18N2O5S2. The van der Waals surface area contributed by atoms with E-state index in [1.165, 1.54) is 6.07 Å². The topological polar surface area (TPSA) is 87.0 Å². The molecule has 3 aromatic heterocycles. The Morgan fingerprint density at radius 3 is 2.66 bits per heavy atom. The lowest BCUT2D eigenvalue weighted by Gasteiger charge is -2.06. The van der Waals surface area contributed by atoms with Gasteiger partial charge >= 0.3 is 16.1 Å². The quantitative estimate of drug-likeness (QED) is 0.350. The van der Waals surface area contributed by atoms with Gasteiger partial charge in [-0.2, -0.15) is 8.42 Å². The number of aromatic nitrogens is 2. The van der Waals surface area contributed by atoms with E-state index in [-0.39, 0.29) is 16.6 Å². The Kier molecular flexibility index (Phi) is 4.79. The summed E-state index contributed by atoms with van der Waals surface area (Å²) >= 11 is 1.07. The van der Waals surface area contributed by atoms with Crippen LogP contribution in [-0.4, -0.2) is 30.4 Å². The van der Waals surface area contributed by atoms with E-state index in [9.17, 15) is 13.2 Å². The van der Waals surface area contributed by atoms with Crippen molar-refractivity contribution < 1.29 is 22.1 Å². The summed E-state index contributed by atoms with van der Waals surface area (Å²) in [5.74, 6) is -0.273. The summed E-state index contributed by atoms with van der Waals surface area (Å²) in [5, 5.41) is 1.31. The van der Waals surface area contributed by atoms with Crippen LogP contribution in [-0.2, 0) is 14.9 Å². The molecule has 0 aliphatic carbocycles. The molecule has 4 rings (SSSR count). The molecule has 9 heteroatoms. The summed E-state index contributed by atoms with van der Waals surface area (Å²) in [6.07, 6.45) is 1.80. The lowest BCUT2D eigenvalue weighted by Crippen LogP contribution is -2.09. The van der Waals surface area contributed by atoms with Gasteiger partial charge in [-0.1, -0.05) is 6.07 Å². The fourth-order valence-electron chi connectivity index (χ4n) is 3.30. The number of benzene rings is 1. The number of carbonyl (C=O) groups is 1. The third-order valence-corrected chi connectivity index (χ3v) is 7.28. The van der Waals surface area contributed by atoms with Gasteiger partial charge in [-0.25, -0.2) is 9.78 Å². The second kappa shape index (κ2) is 7.16. The number of ether oxygens (including phenoxy) is 1. The van der Waals surface area contributed by atoms with E-state index < -0.39 is 16.1 Å². The highest BCUT2D eigenvalue weighted by Crippen LogP contribution is 2.32. The van der Waals surface area contributed by atoms with Crippen LogP contribution in [0.4, 0.5) is 0 Å². The van der Waals surface area contributed by atoms with Gasteiger partial charge in [0.05, 0.1) is 33.9 Å². The fourth-order valence-corrected chi connectivity index (χ4v) is 5.65. The minimum absolute atomic E-state index is 0.0855. The van der Waals surface area contributed by atoms with Crippen LogP contribution in [0.5, 0.6) is 5.75 Å². The summed E-state index contributed by atoms with van der Waals surface area (Å²) in [7, 11) is -4.01. The van der Waals surface area contributed by atoms with Gasteiger partial charge in [0.1, 0.15) is 5.75 Å². The third-order valence-electron chi connectivity index (χ3n) is 4.39. The molecule has 0 saturated carbocycles. The zero-order valence-corrected chi connectivity index (χ0v) is 17.6. The maximum absolute atomic E-state index is 12.7. The Hall–Kier alpha value is -2.91. The number of fused-ring (bicyclic) bond motifs is 3. The van der Waals surface area contributed by atoms with Crippen molar-refractivity contribution in [1.82, 2.24) is 9.38 Å². The Labute approximate surface area is 171 Å². The molecule has 0 aliphatic heterocycles. The molecule has 0 fully saturated rings. The van der Waals surface area contributed by atoms with Crippen LogP contribution in [0.3, 0.4) is 0 Å². The number of rotatable bonds is 5. The molecule has 0 unspecified atom stereocenters. The molecule has 0 atom stereocenters. The first kappa shape index (κ1) is 19.4. The van der Waals surface area contributed by atoms with Crippen LogP contribution in [0.2, 0.25) is 0 Å². The first-order valence-corrected chi connectivity index (χ1v) is 11.1. The summed E-state index contributed by atoms with van der Waals surface area (Å²) in [5.41, 5.74) is 2.17. The highest BCUT2D eigenvalue weighted by Gasteiger charge is 2.25. The minimum Gasteiger partial charge on any atom is -0.462 e. The van der Waals surface area contributed by atoms with Crippen LogP contribution in [0, 0.1) is 13.8 Å². The average molecular weight is 431 g/mol. The molecule has 7 nitrogen and oxygen atoms in total. The van der Waals surface area contributed by atoms with E-state index in [1.54, 1.807) is 39.1 Å². The Morgan fingerprint density at radius 1 is 1.17 bits per heavy atom. The first-order valence-electron chi connectivity index (χ1n) is 8.90. The number of hydrogen-bond donors (Lipinski definition) is 0. The van der Waals surface area contributed by atoms with Gasteiger partial charge in [-0.05, 0) is 45.0 Å². The van der Waals surface area contributed by atoms with Crippen molar-refractivity contribution in [3.05, 3.63) is 58.9 Å². The van der Waals surface area contributed by atoms with Crippen LogP contribution >= 0.6 is 11.3 Å². The monoisotopic (exact) mass is 430 g/mol. The van der Waals surface area contributed by atoms with E-state index in [1.807, 2.05) is 22.6 Å². The van der Waals surface area contributed by atoms with Crippen molar-refractivity contribution in [3.63, 3.8) is 0 Å². The SMILES string of the molecule is CCOC(=O)c1c2ccc(OS(=O)(=O)c3sc(C)nc3C)cc2n2ccccc12. The summed E-state index contributed by atoms with van der Waals surface area (Å²) in [4.78, 5) is 16.7. The second-order valence-electron chi connectivity index (χ2n) is 6.37. The Bertz CT molecular complexity index is 1350. The molecule has 29 heavy (non-hydrogen) atoms. The summed E-state index contributed by atoms with van der Waals surface area (Å²) < 4.78 is 37.9. The molecule has 150 valence electrons. The molecule has 0 N–H and O–H groups in total. The number of hydrogen-bond acceptors (Lipinski definition) is 7. The van der Waals surface area contributed by atoms with Gasteiger partial charge in [0.2, 0.25) is 0 Å². The van der Waals surface area contributed by atoms with E-state index in [2.05, 4.69) is 4.98 Å². The molecule has 0 aliphatic rings. The number of aryl methyl sites for hydroxylation is 2. The molecule has 3 heterocycles. The molecule has 4 aromatic rings. The zero-order chi connectivity index (χ0) is 20.8. The van der Waals surface area contributed by atoms with Gasteiger partial charge in [-0.15, -0.1) is 11.3 Å². The van der Waals surface area contributed by atoms with Crippen molar-refractivity contribution in [2.75, 3.05) is 6.61 Å². The molecule has 0 amide bonds. The summed E-state index contributed by atoms with van der Waals surface area (Å²) in [6, 6.07) is 10.3. The first-order chi connectivity index (χ1) is 13.8. The standard InChI is InChI=1S/C20H18N2O5S2/c1-4-26-19(23)18-15-9-8-14(11-17(15)22-10-6-5-7-16(18)22)27-29(24,25)20-12(2)21-13(3)28-20/h5-11H,4H2,1-3H3. The average Bonchev–Trinajstić information content (AvgIpc) is 3.18. The predicted molar refractivity (Wildman–Crippen MR) is 110 cm³/mol. The predicted octanol–water partition coefficient (Wildman–Crippen LogP) is 4.11. The van der Waals surface area contributed by atoms with E-state index >= 15 is 0 Å². The van der Waals surface area contributed by atoms with Crippen molar-refractivity contribution in [2.24, 2.45) is 0 Å². The number of thiazole rings is 1. The maximum Gasteiger partial charge on any atom is 0.350 e. The van der Waals surface area contributed by atoms with Crippen molar-refractivity contribution in [2.45, 2.75) is 25.0 Å². The molecule has 0 bridgehead atoms. The summed E-state index contributed by atoms with van der Waals surface area (Å²) in [6.45, 7) is 5.39. The van der Waals surface area contributed by atoms with E-state index in [4.69, 9.17) is 8.92 Å². The van der Waals surface area contributed by atoms with E-state index in [0.29, 0.717) is 32.7 Å².